The summed E-state index contributed by atoms with van der Waals surface area (Å²) in [5, 5.41) is 0. The van der Waals surface area contributed by atoms with Gasteiger partial charge in [-0.05, 0) is 50.9 Å². The highest BCUT2D eigenvalue weighted by Crippen LogP contribution is 2.24. The third-order valence-electron chi connectivity index (χ3n) is 4.33. The fraction of sp³-hybridized carbons (Fsp3) is 0.647. The van der Waals surface area contributed by atoms with Crippen molar-refractivity contribution in [3.8, 4) is 0 Å². The fourth-order valence-corrected chi connectivity index (χ4v) is 3.25. The van der Waals surface area contributed by atoms with E-state index in [0.717, 1.165) is 26.1 Å². The van der Waals surface area contributed by atoms with E-state index in [4.69, 9.17) is 5.73 Å². The van der Waals surface area contributed by atoms with Crippen molar-refractivity contribution in [1.29, 1.82) is 0 Å². The maximum Gasteiger partial charge on any atom is 0.0397 e. The highest BCUT2D eigenvalue weighted by Gasteiger charge is 2.23. The second-order valence-corrected chi connectivity index (χ2v) is 6.23. The first-order valence-electron chi connectivity index (χ1n) is 7.85. The van der Waals surface area contributed by atoms with Gasteiger partial charge in [-0.25, -0.2) is 0 Å². The highest BCUT2D eigenvalue weighted by atomic mass is 15.3. The Morgan fingerprint density at radius 2 is 2.10 bits per heavy atom. The molecule has 0 radical (unpaired) electrons. The summed E-state index contributed by atoms with van der Waals surface area (Å²) in [7, 11) is 0. The number of piperazine rings is 1. The van der Waals surface area contributed by atoms with Gasteiger partial charge in [0, 0.05) is 37.4 Å². The summed E-state index contributed by atoms with van der Waals surface area (Å²) >= 11 is 0. The number of aryl methyl sites for hydroxylation is 1. The van der Waals surface area contributed by atoms with Crippen LogP contribution in [0.2, 0.25) is 0 Å². The Morgan fingerprint density at radius 3 is 2.65 bits per heavy atom. The molecule has 0 aliphatic carbocycles. The second-order valence-electron chi connectivity index (χ2n) is 6.23. The predicted octanol–water partition coefficient (Wildman–Crippen LogP) is 2.42. The zero-order valence-electron chi connectivity index (χ0n) is 13.4. The van der Waals surface area contributed by atoms with Gasteiger partial charge in [0.1, 0.15) is 0 Å². The monoisotopic (exact) mass is 275 g/mol. The molecule has 3 heteroatoms. The van der Waals surface area contributed by atoms with Crippen molar-refractivity contribution < 1.29 is 0 Å². The Kier molecular flexibility index (Phi) is 5.06. The highest BCUT2D eigenvalue weighted by molar-refractivity contribution is 5.55. The number of rotatable bonds is 4. The largest absolute Gasteiger partial charge is 0.368 e. The standard InChI is InChI=1S/C17H29N3/c1-5-19-8-9-20(12-15(19)4)17-7-6-16(10-13(17)2)11-14(3)18/h6-7,10,14-15H,5,8-9,11-12,18H2,1-4H3. The lowest BCUT2D eigenvalue weighted by Crippen LogP contribution is -2.51. The van der Waals surface area contributed by atoms with Crippen LogP contribution in [0, 0.1) is 6.92 Å². The van der Waals surface area contributed by atoms with Gasteiger partial charge in [0.2, 0.25) is 0 Å². The molecular weight excluding hydrogens is 246 g/mol. The van der Waals surface area contributed by atoms with E-state index in [2.05, 4.69) is 55.7 Å². The lowest BCUT2D eigenvalue weighted by Gasteiger charge is -2.41. The summed E-state index contributed by atoms with van der Waals surface area (Å²) in [5.41, 5.74) is 10.0. The van der Waals surface area contributed by atoms with Gasteiger partial charge in [0.05, 0.1) is 0 Å². The van der Waals surface area contributed by atoms with Crippen LogP contribution in [-0.2, 0) is 6.42 Å². The minimum atomic E-state index is 0.230. The van der Waals surface area contributed by atoms with E-state index in [1.807, 2.05) is 0 Å². The van der Waals surface area contributed by atoms with E-state index in [1.165, 1.54) is 23.4 Å². The normalized spacial score (nSPS) is 22.1. The van der Waals surface area contributed by atoms with E-state index < -0.39 is 0 Å². The molecule has 1 aliphatic heterocycles. The molecule has 2 atom stereocenters. The fourth-order valence-electron chi connectivity index (χ4n) is 3.25. The summed E-state index contributed by atoms with van der Waals surface area (Å²) in [4.78, 5) is 5.08. The number of hydrogen-bond acceptors (Lipinski definition) is 3. The maximum absolute atomic E-state index is 5.89. The number of hydrogen-bond donors (Lipinski definition) is 1. The third kappa shape index (κ3) is 3.53. The molecule has 1 saturated heterocycles. The van der Waals surface area contributed by atoms with E-state index in [-0.39, 0.29) is 6.04 Å². The molecule has 2 unspecified atom stereocenters. The molecule has 2 rings (SSSR count). The number of nitrogens with zero attached hydrogens (tertiary/aromatic N) is 2. The van der Waals surface area contributed by atoms with Crippen LogP contribution in [0.5, 0.6) is 0 Å². The van der Waals surface area contributed by atoms with Crippen molar-refractivity contribution in [2.24, 2.45) is 5.73 Å². The molecule has 3 nitrogen and oxygen atoms in total. The van der Waals surface area contributed by atoms with Crippen molar-refractivity contribution in [1.82, 2.24) is 4.90 Å². The quantitative estimate of drug-likeness (QED) is 0.916. The summed E-state index contributed by atoms with van der Waals surface area (Å²) in [5.74, 6) is 0. The number of anilines is 1. The summed E-state index contributed by atoms with van der Waals surface area (Å²) < 4.78 is 0. The van der Waals surface area contributed by atoms with E-state index >= 15 is 0 Å². The second kappa shape index (κ2) is 6.59. The average Bonchev–Trinajstić information content (AvgIpc) is 2.38. The van der Waals surface area contributed by atoms with E-state index in [0.29, 0.717) is 6.04 Å². The molecule has 0 spiro atoms. The van der Waals surface area contributed by atoms with Crippen molar-refractivity contribution in [3.63, 3.8) is 0 Å². The zero-order chi connectivity index (χ0) is 14.7. The van der Waals surface area contributed by atoms with Gasteiger partial charge < -0.3 is 10.6 Å². The van der Waals surface area contributed by atoms with Crippen LogP contribution >= 0.6 is 0 Å². The molecule has 0 saturated carbocycles. The molecule has 1 aromatic carbocycles. The lowest BCUT2D eigenvalue weighted by molar-refractivity contribution is 0.199. The molecule has 1 heterocycles. The van der Waals surface area contributed by atoms with Gasteiger partial charge in [0.25, 0.3) is 0 Å². The zero-order valence-corrected chi connectivity index (χ0v) is 13.4. The molecule has 112 valence electrons. The average molecular weight is 275 g/mol. The van der Waals surface area contributed by atoms with Crippen LogP contribution in [0.4, 0.5) is 5.69 Å². The minimum Gasteiger partial charge on any atom is -0.368 e. The first-order chi connectivity index (χ1) is 9.51. The smallest absolute Gasteiger partial charge is 0.0397 e. The minimum absolute atomic E-state index is 0.230. The Labute approximate surface area is 123 Å². The van der Waals surface area contributed by atoms with Crippen LogP contribution in [-0.4, -0.2) is 43.2 Å². The third-order valence-corrected chi connectivity index (χ3v) is 4.33. The molecule has 0 amide bonds. The number of likely N-dealkylation sites (N-methyl/N-ethyl adjacent to an activating group) is 1. The van der Waals surface area contributed by atoms with Crippen molar-refractivity contribution in [3.05, 3.63) is 29.3 Å². The molecule has 0 bridgehead atoms. The van der Waals surface area contributed by atoms with E-state index in [1.54, 1.807) is 0 Å². The number of benzene rings is 1. The van der Waals surface area contributed by atoms with Crippen molar-refractivity contribution in [2.75, 3.05) is 31.1 Å². The summed E-state index contributed by atoms with van der Waals surface area (Å²) in [6, 6.07) is 7.68. The van der Waals surface area contributed by atoms with E-state index in [9.17, 15) is 0 Å². The van der Waals surface area contributed by atoms with Gasteiger partial charge in [-0.3, -0.25) is 4.90 Å². The van der Waals surface area contributed by atoms with Gasteiger partial charge in [-0.1, -0.05) is 19.1 Å². The van der Waals surface area contributed by atoms with Gasteiger partial charge >= 0.3 is 0 Å². The Hall–Kier alpha value is -1.06. The Balaban J connectivity index is 2.10. The summed E-state index contributed by atoms with van der Waals surface area (Å²) in [6.45, 7) is 13.4. The van der Waals surface area contributed by atoms with Crippen LogP contribution in [0.25, 0.3) is 0 Å². The van der Waals surface area contributed by atoms with Gasteiger partial charge in [-0.2, -0.15) is 0 Å². The van der Waals surface area contributed by atoms with Crippen LogP contribution < -0.4 is 10.6 Å². The first-order valence-corrected chi connectivity index (χ1v) is 7.85. The molecular formula is C17H29N3. The van der Waals surface area contributed by atoms with Crippen molar-refractivity contribution >= 4 is 5.69 Å². The van der Waals surface area contributed by atoms with Gasteiger partial charge in [-0.15, -0.1) is 0 Å². The maximum atomic E-state index is 5.89. The molecule has 1 fully saturated rings. The molecule has 2 N–H and O–H groups in total. The lowest BCUT2D eigenvalue weighted by atomic mass is 10.0. The first kappa shape index (κ1) is 15.3. The SMILES string of the molecule is CCN1CCN(c2ccc(CC(C)N)cc2C)CC1C. The molecule has 0 aromatic heterocycles. The Morgan fingerprint density at radius 1 is 1.35 bits per heavy atom. The number of nitrogens with two attached hydrogens (primary N) is 1. The van der Waals surface area contributed by atoms with Crippen LogP contribution in [0.3, 0.4) is 0 Å². The molecule has 1 aromatic rings. The molecule has 1 aliphatic rings. The van der Waals surface area contributed by atoms with Gasteiger partial charge in [0.15, 0.2) is 0 Å². The summed E-state index contributed by atoms with van der Waals surface area (Å²) in [6.07, 6.45) is 0.959. The molecule has 20 heavy (non-hydrogen) atoms. The van der Waals surface area contributed by atoms with Crippen LogP contribution in [0.15, 0.2) is 18.2 Å². The predicted molar refractivity (Wildman–Crippen MR) is 87.5 cm³/mol. The van der Waals surface area contributed by atoms with Crippen LogP contribution in [0.1, 0.15) is 31.9 Å². The Bertz CT molecular complexity index is 442. The topological polar surface area (TPSA) is 32.5 Å². The van der Waals surface area contributed by atoms with Crippen molar-refractivity contribution in [2.45, 2.75) is 46.2 Å².